The zero-order chi connectivity index (χ0) is 4.99. The topological polar surface area (TPSA) is 12.0 Å². The van der Waals surface area contributed by atoms with Crippen LogP contribution in [0.4, 0.5) is 0 Å². The predicted molar refractivity (Wildman–Crippen MR) is 24.3 cm³/mol. The number of nitrogens with one attached hydrogen (secondary N) is 1. The molecule has 0 aromatic heterocycles. The van der Waals surface area contributed by atoms with Gasteiger partial charge in [0.15, 0.2) is 0 Å². The first-order chi connectivity index (χ1) is 2.77. The second-order valence-corrected chi connectivity index (χ2v) is 2.29. The van der Waals surface area contributed by atoms with Gasteiger partial charge in [-0.25, -0.2) is 0 Å². The van der Waals surface area contributed by atoms with Crippen molar-refractivity contribution in [2.24, 2.45) is 0 Å². The first-order valence-electron chi connectivity index (χ1n) is 1.97. The van der Waals surface area contributed by atoms with Crippen LogP contribution in [0, 0.1) is 0 Å². The molecule has 1 N–H and O–H groups in total. The van der Waals surface area contributed by atoms with E-state index in [1.54, 1.807) is 0 Å². The van der Waals surface area contributed by atoms with Gasteiger partial charge in [0.2, 0.25) is 0 Å². The molecule has 0 aromatic carbocycles. The Morgan fingerprint density at radius 1 is 1.67 bits per heavy atom. The predicted octanol–water partition coefficient (Wildman–Crippen LogP) is 0.291. The summed E-state index contributed by atoms with van der Waals surface area (Å²) in [5.41, 5.74) is 0. The second-order valence-electron chi connectivity index (χ2n) is 1.44. The van der Waals surface area contributed by atoms with Gasteiger partial charge in [0, 0.05) is 0 Å². The van der Waals surface area contributed by atoms with E-state index in [4.69, 9.17) is 0 Å². The average Bonchev–Trinajstić information content (AvgIpc) is 1.35. The van der Waals surface area contributed by atoms with Crippen molar-refractivity contribution in [3.63, 3.8) is 0 Å². The van der Waals surface area contributed by atoms with Crippen LogP contribution in [0.3, 0.4) is 0 Å². The molecule has 0 fully saturated rings. The van der Waals surface area contributed by atoms with Gasteiger partial charge in [-0.05, 0) is 0 Å². The van der Waals surface area contributed by atoms with Gasteiger partial charge in [-0.3, -0.25) is 0 Å². The van der Waals surface area contributed by atoms with Crippen LogP contribution in [-0.4, -0.2) is 10.6 Å². The van der Waals surface area contributed by atoms with Crippen molar-refractivity contribution in [1.29, 1.82) is 0 Å². The molecule has 36 valence electrons. The maximum atomic E-state index is 3.12. The molecule has 0 unspecified atom stereocenters. The normalized spacial score (nSPS) is 9.17. The van der Waals surface area contributed by atoms with Gasteiger partial charge in [-0.15, -0.1) is 0 Å². The minimum atomic E-state index is 0.613. The van der Waals surface area contributed by atoms with Crippen LogP contribution in [-0.2, 0) is 19.4 Å². The van der Waals surface area contributed by atoms with E-state index in [0.29, 0.717) is 6.04 Å². The molecule has 0 radical (unpaired) electrons. The Hall–Kier alpha value is 0.518. The van der Waals surface area contributed by atoms with Crippen molar-refractivity contribution in [1.82, 2.24) is 5.32 Å². The van der Waals surface area contributed by atoms with E-state index in [2.05, 4.69) is 19.2 Å². The number of hydrogen-bond donors (Lipinski definition) is 1. The average molecular weight is 255 g/mol. The standard InChI is InChI=1S/C4H9N.W/c1-4(2)5-3;/h3-5H,1-2H3;. The van der Waals surface area contributed by atoms with E-state index in [1.165, 1.54) is 19.4 Å². The van der Waals surface area contributed by atoms with Crippen LogP contribution in [0.15, 0.2) is 0 Å². The quantitative estimate of drug-likeness (QED) is 0.747. The van der Waals surface area contributed by atoms with Gasteiger partial charge in [-0.2, -0.15) is 0 Å². The molecule has 6 heavy (non-hydrogen) atoms. The summed E-state index contributed by atoms with van der Waals surface area (Å²) in [6.07, 6.45) is 0. The van der Waals surface area contributed by atoms with Crippen LogP contribution >= 0.6 is 0 Å². The van der Waals surface area contributed by atoms with E-state index in [9.17, 15) is 0 Å². The summed E-state index contributed by atoms with van der Waals surface area (Å²) in [6, 6.07) is 0.613. The van der Waals surface area contributed by atoms with E-state index in [1.807, 2.05) is 4.52 Å². The molecule has 0 aliphatic carbocycles. The molecule has 0 aliphatic rings. The molecule has 0 saturated carbocycles. The molecule has 0 aromatic rings. The summed E-state index contributed by atoms with van der Waals surface area (Å²) in [4.78, 5) is 0. The van der Waals surface area contributed by atoms with Crippen LogP contribution in [0.25, 0.3) is 0 Å². The van der Waals surface area contributed by atoms with E-state index in [-0.39, 0.29) is 0 Å². The Balaban J connectivity index is 2.81. The summed E-state index contributed by atoms with van der Waals surface area (Å²) in [7, 11) is 0. The fraction of sp³-hybridized carbons (Fsp3) is 0.750. The Bertz CT molecular complexity index is 42.8. The molecule has 0 amide bonds. The summed E-state index contributed by atoms with van der Waals surface area (Å²) < 4.78 is 2.03. The van der Waals surface area contributed by atoms with E-state index in [0.717, 1.165) is 0 Å². The van der Waals surface area contributed by atoms with Crippen molar-refractivity contribution in [3.8, 4) is 0 Å². The third-order valence-corrected chi connectivity index (χ3v) is 0.890. The Kier molecular flexibility index (Phi) is 4.02. The van der Waals surface area contributed by atoms with Gasteiger partial charge in [0.05, 0.1) is 0 Å². The number of rotatable bonds is 2. The monoisotopic (exact) mass is 255 g/mol. The van der Waals surface area contributed by atoms with E-state index >= 15 is 0 Å². The molecule has 0 spiro atoms. The number of hydrogen-bond acceptors (Lipinski definition) is 1. The fourth-order valence-corrected chi connectivity index (χ4v) is 1.11. The third-order valence-electron chi connectivity index (χ3n) is 0.401. The van der Waals surface area contributed by atoms with Gasteiger partial charge in [-0.1, -0.05) is 0 Å². The Labute approximate surface area is 49.5 Å². The minimum absolute atomic E-state index is 0.613. The Morgan fingerprint density at radius 3 is 2.17 bits per heavy atom. The molecule has 2 heteroatoms. The summed E-state index contributed by atoms with van der Waals surface area (Å²) in [5.74, 6) is 0. The van der Waals surface area contributed by atoms with Crippen molar-refractivity contribution >= 4 is 4.52 Å². The summed E-state index contributed by atoms with van der Waals surface area (Å²) in [5, 5.41) is 3.12. The van der Waals surface area contributed by atoms with Crippen LogP contribution < -0.4 is 5.32 Å². The second kappa shape index (κ2) is 3.70. The first kappa shape index (κ1) is 6.52. The maximum absolute atomic E-state index is 3.12. The van der Waals surface area contributed by atoms with Crippen molar-refractivity contribution in [2.75, 3.05) is 0 Å². The zero-order valence-corrected chi connectivity index (χ0v) is 7.00. The van der Waals surface area contributed by atoms with E-state index < -0.39 is 0 Å². The van der Waals surface area contributed by atoms with Crippen molar-refractivity contribution in [2.45, 2.75) is 19.9 Å². The van der Waals surface area contributed by atoms with Crippen molar-refractivity contribution in [3.05, 3.63) is 0 Å². The molecule has 0 bridgehead atoms. The van der Waals surface area contributed by atoms with Gasteiger partial charge < -0.3 is 0 Å². The molecule has 0 rings (SSSR count). The van der Waals surface area contributed by atoms with Gasteiger partial charge in [0.25, 0.3) is 0 Å². The third kappa shape index (κ3) is 4.52. The molecular formula is C4H9NW. The molecule has 0 atom stereocenters. The first-order valence-corrected chi connectivity index (χ1v) is 3.66. The molecule has 0 saturated heterocycles. The Morgan fingerprint density at radius 2 is 2.17 bits per heavy atom. The molecule has 0 aliphatic heterocycles. The van der Waals surface area contributed by atoms with Crippen LogP contribution in [0.5, 0.6) is 0 Å². The molecule has 1 nitrogen and oxygen atoms in total. The molecule has 0 heterocycles. The molecular weight excluding hydrogens is 246 g/mol. The van der Waals surface area contributed by atoms with Crippen LogP contribution in [0.1, 0.15) is 13.8 Å². The fourth-order valence-electron chi connectivity index (χ4n) is 0.136. The zero-order valence-electron chi connectivity index (χ0n) is 4.06. The summed E-state index contributed by atoms with van der Waals surface area (Å²) in [6.45, 7) is 4.25. The summed E-state index contributed by atoms with van der Waals surface area (Å²) >= 11 is 1.48. The SMILES string of the molecule is CC(C)N[CH]=[W]. The van der Waals surface area contributed by atoms with Crippen LogP contribution in [0.2, 0.25) is 0 Å². The van der Waals surface area contributed by atoms with Gasteiger partial charge >= 0.3 is 49.1 Å². The van der Waals surface area contributed by atoms with Crippen molar-refractivity contribution < 1.29 is 19.4 Å². The van der Waals surface area contributed by atoms with Gasteiger partial charge in [0.1, 0.15) is 0 Å².